The van der Waals surface area contributed by atoms with Gasteiger partial charge < -0.3 is 15.2 Å². The predicted molar refractivity (Wildman–Crippen MR) is 67.8 cm³/mol. The normalized spacial score (nSPS) is 23.5. The third-order valence-electron chi connectivity index (χ3n) is 3.60. The van der Waals surface area contributed by atoms with Crippen LogP contribution in [0.4, 0.5) is 5.69 Å². The van der Waals surface area contributed by atoms with Gasteiger partial charge in [0.1, 0.15) is 5.69 Å². The number of rotatable bonds is 4. The van der Waals surface area contributed by atoms with Gasteiger partial charge in [-0.1, -0.05) is 13.8 Å². The molecular formula is C13H16N2O4. The number of carboxylic acid groups (broad SMARTS) is 1. The van der Waals surface area contributed by atoms with Crippen LogP contribution in [0.25, 0.3) is 0 Å². The molecule has 1 saturated carbocycles. The van der Waals surface area contributed by atoms with E-state index in [4.69, 9.17) is 9.84 Å². The number of nitrogens with zero attached hydrogens (tertiary/aromatic N) is 1. The minimum atomic E-state index is -0.941. The van der Waals surface area contributed by atoms with E-state index in [9.17, 15) is 9.59 Å². The second kappa shape index (κ2) is 4.53. The van der Waals surface area contributed by atoms with Gasteiger partial charge in [0.05, 0.1) is 18.9 Å². The fourth-order valence-electron chi connectivity index (χ4n) is 2.45. The molecule has 1 heterocycles. The minimum absolute atomic E-state index is 0.307. The number of carbonyl (C=O) groups is 2. The van der Waals surface area contributed by atoms with Crippen molar-refractivity contribution in [2.24, 2.45) is 17.3 Å². The van der Waals surface area contributed by atoms with Gasteiger partial charge >= 0.3 is 5.97 Å². The molecule has 1 amide bonds. The summed E-state index contributed by atoms with van der Waals surface area (Å²) in [5.74, 6) is -2.13. The molecule has 1 aromatic heterocycles. The highest BCUT2D eigenvalue weighted by Gasteiger charge is 2.65. The Bertz CT molecular complexity index is 527. The maximum Gasteiger partial charge on any atom is 0.307 e. The second-order valence-corrected chi connectivity index (χ2v) is 5.16. The molecule has 2 atom stereocenters. The molecule has 0 radical (unpaired) electrons. The van der Waals surface area contributed by atoms with Gasteiger partial charge in [0.25, 0.3) is 0 Å². The van der Waals surface area contributed by atoms with Gasteiger partial charge in [-0.3, -0.25) is 9.59 Å². The van der Waals surface area contributed by atoms with Gasteiger partial charge in [-0.25, -0.2) is 4.98 Å². The van der Waals surface area contributed by atoms with Crippen LogP contribution in [0.5, 0.6) is 5.88 Å². The first-order chi connectivity index (χ1) is 8.89. The van der Waals surface area contributed by atoms with Gasteiger partial charge in [0, 0.05) is 6.20 Å². The first kappa shape index (κ1) is 13.3. The van der Waals surface area contributed by atoms with Crippen LogP contribution in [-0.2, 0) is 9.59 Å². The molecule has 6 nitrogen and oxygen atoms in total. The quantitative estimate of drug-likeness (QED) is 0.857. The van der Waals surface area contributed by atoms with Crippen molar-refractivity contribution in [2.75, 3.05) is 12.4 Å². The Labute approximate surface area is 110 Å². The molecule has 0 spiro atoms. The van der Waals surface area contributed by atoms with Crippen LogP contribution in [0.2, 0.25) is 0 Å². The fraction of sp³-hybridized carbons (Fsp3) is 0.462. The first-order valence-corrected chi connectivity index (χ1v) is 5.92. The molecule has 0 aromatic carbocycles. The average Bonchev–Trinajstić information content (AvgIpc) is 2.93. The highest BCUT2D eigenvalue weighted by Crippen LogP contribution is 2.58. The molecule has 0 bridgehead atoms. The number of nitrogens with one attached hydrogen (secondary N) is 1. The maximum atomic E-state index is 12.1. The van der Waals surface area contributed by atoms with Crippen LogP contribution in [0.3, 0.4) is 0 Å². The first-order valence-electron chi connectivity index (χ1n) is 5.92. The number of amides is 1. The van der Waals surface area contributed by atoms with Crippen molar-refractivity contribution >= 4 is 17.6 Å². The molecule has 0 saturated heterocycles. The monoisotopic (exact) mass is 264 g/mol. The van der Waals surface area contributed by atoms with E-state index < -0.39 is 23.2 Å². The van der Waals surface area contributed by atoms with Crippen molar-refractivity contribution in [2.45, 2.75) is 13.8 Å². The van der Waals surface area contributed by atoms with E-state index in [-0.39, 0.29) is 5.91 Å². The van der Waals surface area contributed by atoms with Crippen LogP contribution in [0.15, 0.2) is 18.3 Å². The summed E-state index contributed by atoms with van der Waals surface area (Å²) in [5.41, 5.74) is -0.0763. The number of hydrogen-bond acceptors (Lipinski definition) is 4. The number of aromatic nitrogens is 1. The lowest BCUT2D eigenvalue weighted by atomic mass is 10.1. The van der Waals surface area contributed by atoms with E-state index in [1.807, 2.05) is 0 Å². The van der Waals surface area contributed by atoms with Gasteiger partial charge in [-0.15, -0.1) is 0 Å². The lowest BCUT2D eigenvalue weighted by molar-refractivity contribution is -0.140. The third kappa shape index (κ3) is 2.25. The number of pyridine rings is 1. The molecular weight excluding hydrogens is 248 g/mol. The smallest absolute Gasteiger partial charge is 0.307 e. The van der Waals surface area contributed by atoms with E-state index in [0.29, 0.717) is 11.6 Å². The number of aliphatic carboxylic acids is 1. The number of carboxylic acids is 1. The van der Waals surface area contributed by atoms with Crippen molar-refractivity contribution < 1.29 is 19.4 Å². The van der Waals surface area contributed by atoms with E-state index in [1.54, 1.807) is 32.2 Å². The minimum Gasteiger partial charge on any atom is -0.481 e. The summed E-state index contributed by atoms with van der Waals surface area (Å²) in [6.45, 7) is 3.55. The number of hydrogen-bond donors (Lipinski definition) is 2. The summed E-state index contributed by atoms with van der Waals surface area (Å²) < 4.78 is 5.03. The highest BCUT2D eigenvalue weighted by atomic mass is 16.5. The van der Waals surface area contributed by atoms with Crippen LogP contribution in [-0.4, -0.2) is 29.1 Å². The average molecular weight is 264 g/mol. The maximum absolute atomic E-state index is 12.1. The van der Waals surface area contributed by atoms with Gasteiger partial charge in [0.15, 0.2) is 0 Å². The fourth-order valence-corrected chi connectivity index (χ4v) is 2.45. The van der Waals surface area contributed by atoms with Crippen molar-refractivity contribution in [3.05, 3.63) is 18.3 Å². The molecule has 1 aromatic rings. The molecule has 1 fully saturated rings. The zero-order valence-corrected chi connectivity index (χ0v) is 11.0. The zero-order valence-electron chi connectivity index (χ0n) is 11.0. The summed E-state index contributed by atoms with van der Waals surface area (Å²) in [7, 11) is 1.46. The molecule has 0 aliphatic heterocycles. The van der Waals surface area contributed by atoms with E-state index >= 15 is 0 Å². The summed E-state index contributed by atoms with van der Waals surface area (Å²) >= 11 is 0. The molecule has 2 N–H and O–H groups in total. The largest absolute Gasteiger partial charge is 0.481 e. The lowest BCUT2D eigenvalue weighted by Crippen LogP contribution is -2.18. The van der Waals surface area contributed by atoms with Gasteiger partial charge in [-0.2, -0.15) is 0 Å². The standard InChI is InChI=1S/C13H16N2O4/c1-13(2)8(9(13)12(17)18)10(16)15-7-5-4-6-14-11(7)19-3/h4-6,8-9H,1-3H3,(H,15,16)(H,17,18)/t8-,9-/m0/s1. The van der Waals surface area contributed by atoms with Crippen LogP contribution in [0, 0.1) is 17.3 Å². The Hall–Kier alpha value is -2.11. The van der Waals surface area contributed by atoms with E-state index in [1.165, 1.54) is 7.11 Å². The Kier molecular flexibility index (Phi) is 3.18. The van der Waals surface area contributed by atoms with Crippen molar-refractivity contribution in [3.63, 3.8) is 0 Å². The molecule has 1 aliphatic rings. The Morgan fingerprint density at radius 1 is 1.42 bits per heavy atom. The number of methoxy groups -OCH3 is 1. The van der Waals surface area contributed by atoms with Gasteiger partial charge in [0.2, 0.25) is 11.8 Å². The highest BCUT2D eigenvalue weighted by molar-refractivity contribution is 6.00. The molecule has 1 aliphatic carbocycles. The SMILES string of the molecule is COc1ncccc1NC(=O)[C@@H]1[C@@H](C(=O)O)C1(C)C. The van der Waals surface area contributed by atoms with Crippen LogP contribution in [0.1, 0.15) is 13.8 Å². The molecule has 19 heavy (non-hydrogen) atoms. The lowest BCUT2D eigenvalue weighted by Gasteiger charge is -2.09. The Balaban J connectivity index is 2.13. The zero-order chi connectivity index (χ0) is 14.2. The van der Waals surface area contributed by atoms with Crippen molar-refractivity contribution in [1.82, 2.24) is 4.98 Å². The Morgan fingerprint density at radius 2 is 2.11 bits per heavy atom. The third-order valence-corrected chi connectivity index (χ3v) is 3.60. The second-order valence-electron chi connectivity index (χ2n) is 5.16. The number of carbonyl (C=O) groups excluding carboxylic acids is 1. The topological polar surface area (TPSA) is 88.5 Å². The van der Waals surface area contributed by atoms with Crippen molar-refractivity contribution in [3.8, 4) is 5.88 Å². The summed E-state index contributed by atoms with van der Waals surface area (Å²) in [6.07, 6.45) is 1.55. The molecule has 6 heteroatoms. The summed E-state index contributed by atoms with van der Waals surface area (Å²) in [5, 5.41) is 11.7. The molecule has 2 rings (SSSR count). The van der Waals surface area contributed by atoms with Crippen LogP contribution < -0.4 is 10.1 Å². The summed E-state index contributed by atoms with van der Waals surface area (Å²) in [4.78, 5) is 27.1. The molecule has 102 valence electrons. The van der Waals surface area contributed by atoms with E-state index in [0.717, 1.165) is 0 Å². The van der Waals surface area contributed by atoms with Gasteiger partial charge in [-0.05, 0) is 17.5 Å². The number of anilines is 1. The number of ether oxygens (including phenoxy) is 1. The van der Waals surface area contributed by atoms with E-state index in [2.05, 4.69) is 10.3 Å². The summed E-state index contributed by atoms with van der Waals surface area (Å²) in [6, 6.07) is 3.33. The van der Waals surface area contributed by atoms with Crippen LogP contribution >= 0.6 is 0 Å². The predicted octanol–water partition coefficient (Wildman–Crippen LogP) is 1.39. The van der Waals surface area contributed by atoms with Crippen molar-refractivity contribution in [1.29, 1.82) is 0 Å². The Morgan fingerprint density at radius 3 is 2.63 bits per heavy atom. The molecule has 0 unspecified atom stereocenters.